The molecule has 8 heteroatoms. The summed E-state index contributed by atoms with van der Waals surface area (Å²) in [6.45, 7) is 2.20. The number of benzene rings is 3. The zero-order valence-corrected chi connectivity index (χ0v) is 21.0. The number of carbonyl (C=O) groups excluding carboxylic acids is 1. The average Bonchev–Trinajstić information content (AvgIpc) is 3.25. The molecule has 1 aliphatic heterocycles. The van der Waals surface area contributed by atoms with E-state index >= 15 is 0 Å². The third-order valence-electron chi connectivity index (χ3n) is 6.70. The lowest BCUT2D eigenvalue weighted by atomic mass is 9.73. The molecule has 0 N–H and O–H groups in total. The fourth-order valence-electron chi connectivity index (χ4n) is 5.10. The summed E-state index contributed by atoms with van der Waals surface area (Å²) < 4.78 is 0. The molecule has 3 aromatic rings. The van der Waals surface area contributed by atoms with Crippen LogP contribution in [0.1, 0.15) is 47.3 Å². The van der Waals surface area contributed by atoms with Gasteiger partial charge in [-0.15, -0.1) is 0 Å². The van der Waals surface area contributed by atoms with Crippen molar-refractivity contribution in [3.63, 3.8) is 0 Å². The molecule has 5 rings (SSSR count). The van der Waals surface area contributed by atoms with Crippen LogP contribution in [0.2, 0.25) is 10.0 Å². The van der Waals surface area contributed by atoms with Crippen molar-refractivity contribution in [2.45, 2.75) is 25.8 Å². The van der Waals surface area contributed by atoms with Gasteiger partial charge in [0, 0.05) is 33.7 Å². The molecule has 1 fully saturated rings. The highest BCUT2D eigenvalue weighted by Gasteiger charge is 2.45. The van der Waals surface area contributed by atoms with Crippen LogP contribution in [0.25, 0.3) is 6.08 Å². The Morgan fingerprint density at radius 1 is 1.06 bits per heavy atom. The molecule has 182 valence electrons. The number of rotatable bonds is 4. The van der Waals surface area contributed by atoms with Gasteiger partial charge in [0.2, 0.25) is 0 Å². The fourth-order valence-corrected chi connectivity index (χ4v) is 5.35. The van der Waals surface area contributed by atoms with Crippen LogP contribution in [0.5, 0.6) is 0 Å². The quantitative estimate of drug-likeness (QED) is 0.263. The minimum absolute atomic E-state index is 0.0175. The lowest BCUT2D eigenvalue weighted by Gasteiger charge is -2.32. The van der Waals surface area contributed by atoms with Crippen molar-refractivity contribution in [3.8, 4) is 0 Å². The summed E-state index contributed by atoms with van der Waals surface area (Å²) in [7, 11) is 0. The SMILES string of the molecule is CC1C/C(=C\c2ccc(Cl)cc2)C2=NN(C(=O)c3cccc([N+](=O)[O-])c3)C(c3ccc(Cl)cc3)C2C1. The van der Waals surface area contributed by atoms with E-state index in [2.05, 4.69) is 13.0 Å². The first-order valence-corrected chi connectivity index (χ1v) is 12.4. The summed E-state index contributed by atoms with van der Waals surface area (Å²) in [5.74, 6) is -0.00895. The zero-order chi connectivity index (χ0) is 25.4. The summed E-state index contributed by atoms with van der Waals surface area (Å²) in [6.07, 6.45) is 3.81. The van der Waals surface area contributed by atoms with E-state index in [0.29, 0.717) is 16.0 Å². The fraction of sp³-hybridized carbons (Fsp3) is 0.214. The first-order valence-electron chi connectivity index (χ1n) is 11.7. The number of allylic oxidation sites excluding steroid dienone is 1. The lowest BCUT2D eigenvalue weighted by molar-refractivity contribution is -0.384. The number of hydrogen-bond donors (Lipinski definition) is 0. The number of nitrogens with zero attached hydrogens (tertiary/aromatic N) is 3. The normalized spacial score (nSPS) is 22.3. The van der Waals surface area contributed by atoms with Gasteiger partial charge >= 0.3 is 0 Å². The molecular weight excluding hydrogens is 497 g/mol. The number of hydrogen-bond acceptors (Lipinski definition) is 4. The first kappa shape index (κ1) is 24.2. The van der Waals surface area contributed by atoms with Gasteiger partial charge in [0.05, 0.1) is 16.7 Å². The minimum atomic E-state index is -0.502. The number of halogens is 2. The molecule has 0 aromatic heterocycles. The molecule has 1 heterocycles. The molecule has 3 atom stereocenters. The van der Waals surface area contributed by atoms with Crippen LogP contribution in [-0.2, 0) is 0 Å². The van der Waals surface area contributed by atoms with Crippen LogP contribution in [0.4, 0.5) is 5.69 Å². The Bertz CT molecular complexity index is 1380. The van der Waals surface area contributed by atoms with E-state index in [1.807, 2.05) is 48.5 Å². The third-order valence-corrected chi connectivity index (χ3v) is 7.20. The number of hydrazone groups is 1. The van der Waals surface area contributed by atoms with Crippen molar-refractivity contribution in [1.29, 1.82) is 0 Å². The minimum Gasteiger partial charge on any atom is -0.267 e. The average molecular weight is 520 g/mol. The maximum absolute atomic E-state index is 13.7. The van der Waals surface area contributed by atoms with E-state index in [0.717, 1.165) is 35.3 Å². The molecule has 0 saturated heterocycles. The topological polar surface area (TPSA) is 75.8 Å². The van der Waals surface area contributed by atoms with Crippen molar-refractivity contribution in [3.05, 3.63) is 115 Å². The van der Waals surface area contributed by atoms with Crippen LogP contribution in [-0.4, -0.2) is 21.6 Å². The highest BCUT2D eigenvalue weighted by Crippen LogP contribution is 2.46. The number of nitro benzene ring substituents is 1. The molecule has 0 spiro atoms. The van der Waals surface area contributed by atoms with E-state index < -0.39 is 4.92 Å². The molecule has 1 amide bonds. The van der Waals surface area contributed by atoms with Crippen LogP contribution in [0.3, 0.4) is 0 Å². The van der Waals surface area contributed by atoms with Crippen LogP contribution >= 0.6 is 23.2 Å². The molecule has 0 bridgehead atoms. The van der Waals surface area contributed by atoms with Crippen molar-refractivity contribution in [1.82, 2.24) is 5.01 Å². The van der Waals surface area contributed by atoms with Crippen molar-refractivity contribution >= 4 is 46.6 Å². The van der Waals surface area contributed by atoms with E-state index in [4.69, 9.17) is 28.3 Å². The maximum atomic E-state index is 13.7. The van der Waals surface area contributed by atoms with Gasteiger partial charge in [0.15, 0.2) is 0 Å². The summed E-state index contributed by atoms with van der Waals surface area (Å²) in [5.41, 5.74) is 3.97. The summed E-state index contributed by atoms with van der Waals surface area (Å²) in [5, 5.41) is 19.0. The molecule has 3 aromatic carbocycles. The van der Waals surface area contributed by atoms with Crippen molar-refractivity contribution in [2.24, 2.45) is 16.9 Å². The Morgan fingerprint density at radius 3 is 2.39 bits per heavy atom. The van der Waals surface area contributed by atoms with Gasteiger partial charge in [-0.05, 0) is 71.9 Å². The number of nitro groups is 1. The monoisotopic (exact) mass is 519 g/mol. The Morgan fingerprint density at radius 2 is 1.72 bits per heavy atom. The second-order valence-electron chi connectivity index (χ2n) is 9.31. The van der Waals surface area contributed by atoms with Crippen LogP contribution in [0.15, 0.2) is 83.5 Å². The number of non-ortho nitro benzene ring substituents is 1. The van der Waals surface area contributed by atoms with Crippen LogP contribution < -0.4 is 0 Å². The summed E-state index contributed by atoms with van der Waals surface area (Å²) >= 11 is 12.2. The lowest BCUT2D eigenvalue weighted by Crippen LogP contribution is -2.33. The van der Waals surface area contributed by atoms with Gasteiger partial charge in [-0.3, -0.25) is 14.9 Å². The highest BCUT2D eigenvalue weighted by molar-refractivity contribution is 6.30. The second kappa shape index (κ2) is 9.88. The Hall–Kier alpha value is -3.48. The van der Waals surface area contributed by atoms with Gasteiger partial charge in [-0.25, -0.2) is 5.01 Å². The molecule has 2 aliphatic rings. The smallest absolute Gasteiger partial charge is 0.267 e. The molecule has 36 heavy (non-hydrogen) atoms. The van der Waals surface area contributed by atoms with Gasteiger partial charge in [0.25, 0.3) is 11.6 Å². The van der Waals surface area contributed by atoms with Gasteiger partial charge in [0.1, 0.15) is 0 Å². The molecular formula is C28H23Cl2N3O3. The van der Waals surface area contributed by atoms with Gasteiger partial charge < -0.3 is 0 Å². The molecule has 1 aliphatic carbocycles. The number of fused-ring (bicyclic) bond motifs is 1. The highest BCUT2D eigenvalue weighted by atomic mass is 35.5. The summed E-state index contributed by atoms with van der Waals surface area (Å²) in [4.78, 5) is 24.6. The molecule has 0 radical (unpaired) electrons. The van der Waals surface area contributed by atoms with Crippen LogP contribution in [0, 0.1) is 22.0 Å². The zero-order valence-electron chi connectivity index (χ0n) is 19.5. The standard InChI is InChI=1S/C28H23Cl2N3O3/c1-17-13-21(15-18-5-9-22(29)10-6-18)26-25(14-17)27(19-7-11-23(30)12-8-19)32(31-26)28(34)20-3-2-4-24(16-20)33(35)36/h2-12,15-17,25,27H,13-14H2,1H3/b21-15+. The van der Waals surface area contributed by atoms with E-state index in [9.17, 15) is 14.9 Å². The first-order chi connectivity index (χ1) is 17.3. The maximum Gasteiger partial charge on any atom is 0.274 e. The van der Waals surface area contributed by atoms with Crippen molar-refractivity contribution in [2.75, 3.05) is 0 Å². The van der Waals surface area contributed by atoms with E-state index in [1.54, 1.807) is 6.07 Å². The predicted molar refractivity (Wildman–Crippen MR) is 142 cm³/mol. The third kappa shape index (κ3) is 4.79. The molecule has 6 nitrogen and oxygen atoms in total. The molecule has 1 saturated carbocycles. The van der Waals surface area contributed by atoms with Gasteiger partial charge in [-0.2, -0.15) is 5.10 Å². The van der Waals surface area contributed by atoms with E-state index in [-0.39, 0.29) is 29.1 Å². The number of carbonyl (C=O) groups is 1. The molecule has 3 unspecified atom stereocenters. The number of amides is 1. The van der Waals surface area contributed by atoms with Crippen molar-refractivity contribution < 1.29 is 9.72 Å². The second-order valence-corrected chi connectivity index (χ2v) is 10.2. The Labute approximate surface area is 219 Å². The Balaban J connectivity index is 1.60. The predicted octanol–water partition coefficient (Wildman–Crippen LogP) is 7.58. The largest absolute Gasteiger partial charge is 0.274 e. The van der Waals surface area contributed by atoms with Gasteiger partial charge in [-0.1, -0.05) is 60.5 Å². The van der Waals surface area contributed by atoms with E-state index in [1.165, 1.54) is 23.2 Å². The Kier molecular flexibility index (Phi) is 6.65. The summed E-state index contributed by atoms with van der Waals surface area (Å²) in [6, 6.07) is 20.5.